The minimum atomic E-state index is -3.65. The number of nitrogens with one attached hydrogen (secondary N) is 1. The Morgan fingerprint density at radius 2 is 2.03 bits per heavy atom. The number of sulfonamides is 1. The molecule has 1 aromatic carbocycles. The second-order valence-electron chi connectivity index (χ2n) is 8.78. The first-order valence-electron chi connectivity index (χ1n) is 10.8. The lowest BCUT2D eigenvalue weighted by Crippen LogP contribution is -2.63. The molecular formula is C23H27N3O3S2. The zero-order valence-electron chi connectivity index (χ0n) is 17.6. The zero-order chi connectivity index (χ0) is 21.6. The topological polar surface area (TPSA) is 79.4 Å². The van der Waals surface area contributed by atoms with Crippen LogP contribution in [-0.2, 0) is 34.1 Å². The number of hydrogen-bond donors (Lipinski definition) is 1. The van der Waals surface area contributed by atoms with Crippen molar-refractivity contribution < 1.29 is 13.2 Å². The Hall–Kier alpha value is -1.90. The second-order valence-corrected chi connectivity index (χ2v) is 11.8. The van der Waals surface area contributed by atoms with E-state index in [2.05, 4.69) is 26.7 Å². The van der Waals surface area contributed by atoms with E-state index < -0.39 is 21.2 Å². The van der Waals surface area contributed by atoms with Crippen molar-refractivity contribution in [3.63, 3.8) is 0 Å². The standard InChI is InChI=1S/C23H27N3O3S2/c1-15-9-17(7-8-24-15)21-6-5-16-3-2-4-20(16)22(21)10-23(27)25-31(28,29)19-11-26(12-19)18-13-30-14-18/h5-9,18-19H,2-4,10-14H2,1H3,(H,25,27). The quantitative estimate of drug-likeness (QED) is 0.717. The molecule has 3 aliphatic rings. The number of aryl methyl sites for hydroxylation is 2. The Balaban J connectivity index is 1.34. The summed E-state index contributed by atoms with van der Waals surface area (Å²) in [5.74, 6) is 1.72. The highest BCUT2D eigenvalue weighted by molar-refractivity contribution is 8.00. The van der Waals surface area contributed by atoms with Gasteiger partial charge in [-0.25, -0.2) is 8.42 Å². The van der Waals surface area contributed by atoms with E-state index in [1.54, 1.807) is 6.20 Å². The van der Waals surface area contributed by atoms with Crippen molar-refractivity contribution in [2.45, 2.75) is 43.9 Å². The van der Waals surface area contributed by atoms with E-state index in [0.29, 0.717) is 19.1 Å². The molecule has 5 rings (SSSR count). The average molecular weight is 458 g/mol. The maximum atomic E-state index is 12.9. The number of carbonyl (C=O) groups is 1. The molecule has 2 aromatic rings. The number of thioether (sulfide) groups is 1. The number of hydrogen-bond acceptors (Lipinski definition) is 6. The van der Waals surface area contributed by atoms with E-state index in [1.807, 2.05) is 30.8 Å². The molecule has 8 heteroatoms. The summed E-state index contributed by atoms with van der Waals surface area (Å²) in [5, 5.41) is -0.495. The third kappa shape index (κ3) is 4.13. The van der Waals surface area contributed by atoms with Crippen LogP contribution in [-0.4, -0.2) is 60.1 Å². The molecule has 2 fully saturated rings. The maximum absolute atomic E-state index is 12.9. The van der Waals surface area contributed by atoms with Crippen LogP contribution in [0.25, 0.3) is 11.1 Å². The van der Waals surface area contributed by atoms with Crippen molar-refractivity contribution in [1.82, 2.24) is 14.6 Å². The fraction of sp³-hybridized carbons (Fsp3) is 0.478. The molecule has 0 spiro atoms. The predicted octanol–water partition coefficient (Wildman–Crippen LogP) is 2.33. The largest absolute Gasteiger partial charge is 0.296 e. The Bertz CT molecular complexity index is 1120. The summed E-state index contributed by atoms with van der Waals surface area (Å²) >= 11 is 1.89. The van der Waals surface area contributed by atoms with Gasteiger partial charge in [0.1, 0.15) is 5.25 Å². The normalized spacial score (nSPS) is 19.5. The van der Waals surface area contributed by atoms with Crippen molar-refractivity contribution >= 4 is 27.7 Å². The highest BCUT2D eigenvalue weighted by atomic mass is 32.2. The molecule has 3 heterocycles. The molecule has 0 bridgehead atoms. The fourth-order valence-corrected chi connectivity index (χ4v) is 6.96. The van der Waals surface area contributed by atoms with Crippen molar-refractivity contribution in [1.29, 1.82) is 0 Å². The third-order valence-corrected chi connectivity index (χ3v) is 9.58. The van der Waals surface area contributed by atoms with Crippen LogP contribution >= 0.6 is 11.8 Å². The van der Waals surface area contributed by atoms with Crippen molar-refractivity contribution in [3.05, 3.63) is 52.8 Å². The summed E-state index contributed by atoms with van der Waals surface area (Å²) in [7, 11) is -3.65. The summed E-state index contributed by atoms with van der Waals surface area (Å²) in [6.45, 7) is 2.99. The number of fused-ring (bicyclic) bond motifs is 1. The predicted molar refractivity (Wildman–Crippen MR) is 124 cm³/mol. The molecule has 0 atom stereocenters. The first kappa shape index (κ1) is 21.0. The van der Waals surface area contributed by atoms with Crippen LogP contribution in [0.3, 0.4) is 0 Å². The van der Waals surface area contributed by atoms with Crippen LogP contribution in [0.15, 0.2) is 30.5 Å². The van der Waals surface area contributed by atoms with Crippen molar-refractivity contribution in [3.8, 4) is 11.1 Å². The van der Waals surface area contributed by atoms with Gasteiger partial charge in [-0.15, -0.1) is 0 Å². The molecule has 2 saturated heterocycles. The number of pyridine rings is 1. The molecule has 1 aliphatic carbocycles. The van der Waals surface area contributed by atoms with Gasteiger partial charge in [-0.2, -0.15) is 11.8 Å². The summed E-state index contributed by atoms with van der Waals surface area (Å²) < 4.78 is 27.9. The minimum absolute atomic E-state index is 0.0782. The molecule has 1 aromatic heterocycles. The van der Waals surface area contributed by atoms with Crippen LogP contribution in [0, 0.1) is 6.92 Å². The van der Waals surface area contributed by atoms with Crippen molar-refractivity contribution in [2.24, 2.45) is 0 Å². The number of benzene rings is 1. The average Bonchev–Trinajstić information content (AvgIpc) is 3.11. The van der Waals surface area contributed by atoms with Gasteiger partial charge in [0.15, 0.2) is 0 Å². The van der Waals surface area contributed by atoms with E-state index in [-0.39, 0.29) is 6.42 Å². The number of nitrogens with zero attached hydrogens (tertiary/aromatic N) is 2. The molecular weight excluding hydrogens is 430 g/mol. The van der Waals surface area contributed by atoms with E-state index in [9.17, 15) is 13.2 Å². The zero-order valence-corrected chi connectivity index (χ0v) is 19.3. The Morgan fingerprint density at radius 1 is 1.23 bits per heavy atom. The van der Waals surface area contributed by atoms with E-state index in [0.717, 1.165) is 53.2 Å². The lowest BCUT2D eigenvalue weighted by Gasteiger charge is -2.46. The maximum Gasteiger partial charge on any atom is 0.240 e. The number of carbonyl (C=O) groups excluding carboxylic acids is 1. The molecule has 31 heavy (non-hydrogen) atoms. The van der Waals surface area contributed by atoms with E-state index in [4.69, 9.17) is 0 Å². The Morgan fingerprint density at radius 3 is 2.74 bits per heavy atom. The van der Waals surface area contributed by atoms with Gasteiger partial charge in [-0.3, -0.25) is 19.4 Å². The van der Waals surface area contributed by atoms with E-state index in [1.165, 1.54) is 11.1 Å². The molecule has 1 amide bonds. The van der Waals surface area contributed by atoms with Crippen LogP contribution < -0.4 is 4.72 Å². The molecule has 2 aliphatic heterocycles. The third-order valence-electron chi connectivity index (χ3n) is 6.65. The summed E-state index contributed by atoms with van der Waals surface area (Å²) in [4.78, 5) is 19.4. The van der Waals surface area contributed by atoms with Gasteiger partial charge in [-0.1, -0.05) is 12.1 Å². The fourth-order valence-electron chi connectivity index (χ4n) is 4.76. The number of aromatic nitrogens is 1. The number of likely N-dealkylation sites (tertiary alicyclic amines) is 1. The van der Waals surface area contributed by atoms with Gasteiger partial charge in [0.25, 0.3) is 0 Å². The van der Waals surface area contributed by atoms with Crippen LogP contribution in [0.1, 0.15) is 28.8 Å². The number of rotatable bonds is 6. The first-order chi connectivity index (χ1) is 14.9. The van der Waals surface area contributed by atoms with Gasteiger partial charge in [-0.05, 0) is 66.1 Å². The van der Waals surface area contributed by atoms with E-state index >= 15 is 0 Å². The molecule has 1 N–H and O–H groups in total. The first-order valence-corrected chi connectivity index (χ1v) is 13.5. The summed E-state index contributed by atoms with van der Waals surface area (Å²) in [6, 6.07) is 8.68. The summed E-state index contributed by atoms with van der Waals surface area (Å²) in [5.41, 5.74) is 6.35. The van der Waals surface area contributed by atoms with Crippen LogP contribution in [0.5, 0.6) is 0 Å². The smallest absolute Gasteiger partial charge is 0.240 e. The Labute approximate surface area is 187 Å². The number of amides is 1. The SMILES string of the molecule is Cc1cc(-c2ccc3c(c2CC(=O)NS(=O)(=O)C2CN(C4CSC4)C2)CCC3)ccn1. The highest BCUT2D eigenvalue weighted by Crippen LogP contribution is 2.34. The van der Waals surface area contributed by atoms with Gasteiger partial charge in [0.05, 0.1) is 6.42 Å². The highest BCUT2D eigenvalue weighted by Gasteiger charge is 2.42. The van der Waals surface area contributed by atoms with Gasteiger partial charge in [0, 0.05) is 42.5 Å². The summed E-state index contributed by atoms with van der Waals surface area (Å²) in [6.07, 6.45) is 4.86. The monoisotopic (exact) mass is 457 g/mol. The molecule has 0 saturated carbocycles. The molecule has 164 valence electrons. The Kier molecular flexibility index (Phi) is 5.56. The lowest BCUT2D eigenvalue weighted by atomic mass is 9.91. The van der Waals surface area contributed by atoms with Gasteiger partial charge in [0.2, 0.25) is 15.9 Å². The minimum Gasteiger partial charge on any atom is -0.296 e. The van der Waals surface area contributed by atoms with Crippen LogP contribution in [0.4, 0.5) is 0 Å². The van der Waals surface area contributed by atoms with Gasteiger partial charge < -0.3 is 0 Å². The van der Waals surface area contributed by atoms with Crippen molar-refractivity contribution in [2.75, 3.05) is 24.6 Å². The lowest BCUT2D eigenvalue weighted by molar-refractivity contribution is -0.118. The molecule has 0 unspecified atom stereocenters. The molecule has 0 radical (unpaired) electrons. The van der Waals surface area contributed by atoms with Crippen LogP contribution in [0.2, 0.25) is 0 Å². The molecule has 6 nitrogen and oxygen atoms in total. The second kappa shape index (κ2) is 8.22. The van der Waals surface area contributed by atoms with Gasteiger partial charge >= 0.3 is 0 Å².